The fraction of sp³-hybridized carbons (Fsp3) is 0.154. The molecule has 0 saturated carbocycles. The Morgan fingerprint density at radius 1 is 1.05 bits per heavy atom. The first-order valence-electron chi connectivity index (χ1n) is 11.1. The van der Waals surface area contributed by atoms with E-state index in [9.17, 15) is 19.7 Å². The zero-order valence-corrected chi connectivity index (χ0v) is 22.6. The van der Waals surface area contributed by atoms with Crippen molar-refractivity contribution in [3.8, 4) is 11.5 Å². The van der Waals surface area contributed by atoms with Crippen molar-refractivity contribution in [2.75, 3.05) is 6.61 Å². The van der Waals surface area contributed by atoms with Crippen molar-refractivity contribution in [2.45, 2.75) is 20.1 Å². The molecule has 1 fully saturated rings. The van der Waals surface area contributed by atoms with Crippen molar-refractivity contribution in [2.24, 2.45) is 0 Å². The summed E-state index contributed by atoms with van der Waals surface area (Å²) in [6.07, 6.45) is 1.62. The Balaban J connectivity index is 1.52. The fourth-order valence-electron chi connectivity index (χ4n) is 3.50. The Labute approximate surface area is 230 Å². The molecule has 0 N–H and O–H groups in total. The van der Waals surface area contributed by atoms with Crippen LogP contribution in [-0.2, 0) is 17.9 Å². The quantitative estimate of drug-likeness (QED) is 0.145. The number of thioether (sulfide) groups is 1. The average Bonchev–Trinajstić information content (AvgIpc) is 3.12. The molecule has 4 rings (SSSR count). The predicted molar refractivity (Wildman–Crippen MR) is 146 cm³/mol. The van der Waals surface area contributed by atoms with E-state index in [1.165, 1.54) is 24.3 Å². The van der Waals surface area contributed by atoms with Crippen LogP contribution in [0.1, 0.15) is 23.6 Å². The zero-order chi connectivity index (χ0) is 26.5. The molecule has 37 heavy (non-hydrogen) atoms. The minimum absolute atomic E-state index is 0.0192. The van der Waals surface area contributed by atoms with Crippen LogP contribution < -0.4 is 9.47 Å². The number of nitro benzene ring substituents is 1. The molecular weight excluding hydrogens is 584 g/mol. The number of ether oxygens (including phenoxy) is 2. The molecule has 0 bridgehead atoms. The fourth-order valence-corrected chi connectivity index (χ4v) is 5.04. The normalized spacial score (nSPS) is 14.4. The van der Waals surface area contributed by atoms with Gasteiger partial charge in [0.15, 0.2) is 11.5 Å². The van der Waals surface area contributed by atoms with Gasteiger partial charge in [0.2, 0.25) is 0 Å². The molecule has 11 heteroatoms. The zero-order valence-electron chi connectivity index (χ0n) is 19.5. The molecule has 3 aromatic carbocycles. The van der Waals surface area contributed by atoms with E-state index >= 15 is 0 Å². The van der Waals surface area contributed by atoms with Crippen LogP contribution in [0.25, 0.3) is 6.08 Å². The standard InChI is InChI=1S/C26H20BrClN2O6S/c1-2-35-22-12-18(11-21(27)24(22)36-15-17-3-7-19(28)8-4-17)13-23-25(31)29(26(32)37-23)14-16-5-9-20(10-6-16)30(33)34/h3-13H,2,14-15H2,1H3/b23-13+. The SMILES string of the molecule is CCOc1cc(/C=C2/SC(=O)N(Cc3ccc([N+](=O)[O-])cc3)C2=O)cc(Br)c1OCc1ccc(Cl)cc1. The van der Waals surface area contributed by atoms with Gasteiger partial charge in [-0.3, -0.25) is 24.6 Å². The molecule has 1 heterocycles. The third-order valence-electron chi connectivity index (χ3n) is 5.29. The van der Waals surface area contributed by atoms with Crippen molar-refractivity contribution in [3.05, 3.63) is 102 Å². The van der Waals surface area contributed by atoms with E-state index in [4.69, 9.17) is 21.1 Å². The van der Waals surface area contributed by atoms with Gasteiger partial charge in [0.1, 0.15) is 6.61 Å². The van der Waals surface area contributed by atoms with Gasteiger partial charge < -0.3 is 9.47 Å². The number of carbonyl (C=O) groups is 2. The summed E-state index contributed by atoms with van der Waals surface area (Å²) in [4.78, 5) is 37.2. The molecule has 0 unspecified atom stereocenters. The molecule has 1 aliphatic rings. The minimum Gasteiger partial charge on any atom is -0.490 e. The van der Waals surface area contributed by atoms with Gasteiger partial charge in [-0.25, -0.2) is 0 Å². The first-order chi connectivity index (χ1) is 17.7. The van der Waals surface area contributed by atoms with Crippen molar-refractivity contribution >= 4 is 62.2 Å². The van der Waals surface area contributed by atoms with Crippen LogP contribution in [0.3, 0.4) is 0 Å². The Morgan fingerprint density at radius 3 is 2.38 bits per heavy atom. The largest absolute Gasteiger partial charge is 0.490 e. The van der Waals surface area contributed by atoms with Crippen molar-refractivity contribution < 1.29 is 24.0 Å². The number of rotatable bonds is 9. The van der Waals surface area contributed by atoms with E-state index in [2.05, 4.69) is 15.9 Å². The first-order valence-corrected chi connectivity index (χ1v) is 13.1. The average molecular weight is 604 g/mol. The summed E-state index contributed by atoms with van der Waals surface area (Å²) in [5, 5.41) is 11.1. The van der Waals surface area contributed by atoms with Crippen LogP contribution in [0.5, 0.6) is 11.5 Å². The van der Waals surface area contributed by atoms with Crippen LogP contribution in [-0.4, -0.2) is 27.6 Å². The number of imide groups is 1. The van der Waals surface area contributed by atoms with Gasteiger partial charge >= 0.3 is 0 Å². The third kappa shape index (κ3) is 6.51. The molecule has 190 valence electrons. The molecule has 3 aromatic rings. The number of nitrogens with zero attached hydrogens (tertiary/aromatic N) is 2. The number of amides is 2. The highest BCUT2D eigenvalue weighted by Crippen LogP contribution is 2.40. The van der Waals surface area contributed by atoms with E-state index in [1.54, 1.807) is 30.3 Å². The topological polar surface area (TPSA) is 99.0 Å². The molecule has 2 amide bonds. The van der Waals surface area contributed by atoms with Gasteiger partial charge in [-0.15, -0.1) is 0 Å². The molecule has 1 aliphatic heterocycles. The van der Waals surface area contributed by atoms with Crippen molar-refractivity contribution in [1.82, 2.24) is 4.90 Å². The van der Waals surface area contributed by atoms with Gasteiger partial charge in [0.05, 0.1) is 27.5 Å². The summed E-state index contributed by atoms with van der Waals surface area (Å²) < 4.78 is 12.4. The number of benzene rings is 3. The monoisotopic (exact) mass is 602 g/mol. The second kappa shape index (κ2) is 11.8. The number of halogens is 2. The summed E-state index contributed by atoms with van der Waals surface area (Å²) in [7, 11) is 0. The van der Waals surface area contributed by atoms with Crippen LogP contribution in [0, 0.1) is 10.1 Å². The summed E-state index contributed by atoms with van der Waals surface area (Å²) in [5.41, 5.74) is 2.13. The van der Waals surface area contributed by atoms with Gasteiger partial charge in [-0.2, -0.15) is 0 Å². The molecular formula is C26H20BrClN2O6S. The van der Waals surface area contributed by atoms with Crippen molar-refractivity contribution in [1.29, 1.82) is 0 Å². The van der Waals surface area contributed by atoms with E-state index < -0.39 is 16.1 Å². The number of hydrogen-bond acceptors (Lipinski definition) is 7. The number of nitro groups is 1. The summed E-state index contributed by atoms with van der Waals surface area (Å²) in [5.74, 6) is 0.563. The van der Waals surface area contributed by atoms with E-state index in [0.29, 0.717) is 45.3 Å². The maximum Gasteiger partial charge on any atom is 0.293 e. The molecule has 0 atom stereocenters. The molecule has 0 spiro atoms. The van der Waals surface area contributed by atoms with E-state index in [1.807, 2.05) is 19.1 Å². The van der Waals surface area contributed by atoms with Gasteiger partial charge in [-0.05, 0) is 81.6 Å². The maximum absolute atomic E-state index is 13.0. The highest BCUT2D eigenvalue weighted by molar-refractivity contribution is 9.10. The van der Waals surface area contributed by atoms with E-state index in [0.717, 1.165) is 22.2 Å². The Kier molecular flexibility index (Phi) is 8.52. The lowest BCUT2D eigenvalue weighted by Gasteiger charge is -2.15. The summed E-state index contributed by atoms with van der Waals surface area (Å²) in [6.45, 7) is 2.58. The minimum atomic E-state index is -0.505. The third-order valence-corrected chi connectivity index (χ3v) is 7.04. The predicted octanol–water partition coefficient (Wildman–Crippen LogP) is 7.22. The highest BCUT2D eigenvalue weighted by Gasteiger charge is 2.35. The maximum atomic E-state index is 13.0. The Bertz CT molecular complexity index is 1380. The van der Waals surface area contributed by atoms with Crippen LogP contribution in [0.4, 0.5) is 10.5 Å². The molecule has 1 saturated heterocycles. The summed E-state index contributed by atoms with van der Waals surface area (Å²) in [6, 6.07) is 16.6. The lowest BCUT2D eigenvalue weighted by molar-refractivity contribution is -0.384. The Hall–Kier alpha value is -3.34. The number of carbonyl (C=O) groups excluding carboxylic acids is 2. The number of non-ortho nitro benzene ring substituents is 1. The summed E-state index contributed by atoms with van der Waals surface area (Å²) >= 11 is 10.3. The van der Waals surface area contributed by atoms with Gasteiger partial charge in [-0.1, -0.05) is 35.9 Å². The van der Waals surface area contributed by atoms with Crippen LogP contribution in [0.15, 0.2) is 70.0 Å². The van der Waals surface area contributed by atoms with Gasteiger partial charge in [0, 0.05) is 17.2 Å². The van der Waals surface area contributed by atoms with Crippen LogP contribution >= 0.6 is 39.3 Å². The number of hydrogen-bond donors (Lipinski definition) is 0. The van der Waals surface area contributed by atoms with Crippen molar-refractivity contribution in [3.63, 3.8) is 0 Å². The second-order valence-corrected chi connectivity index (χ2v) is 10.2. The van der Waals surface area contributed by atoms with E-state index in [-0.39, 0.29) is 17.1 Å². The molecule has 0 aromatic heterocycles. The molecule has 0 radical (unpaired) electrons. The smallest absolute Gasteiger partial charge is 0.293 e. The molecule has 0 aliphatic carbocycles. The van der Waals surface area contributed by atoms with Crippen LogP contribution in [0.2, 0.25) is 5.02 Å². The highest BCUT2D eigenvalue weighted by atomic mass is 79.9. The second-order valence-electron chi connectivity index (χ2n) is 7.87. The lowest BCUT2D eigenvalue weighted by atomic mass is 10.1. The molecule has 8 nitrogen and oxygen atoms in total. The Morgan fingerprint density at radius 2 is 1.73 bits per heavy atom. The van der Waals surface area contributed by atoms with Gasteiger partial charge in [0.25, 0.3) is 16.8 Å². The lowest BCUT2D eigenvalue weighted by Crippen LogP contribution is -2.27. The first kappa shape index (κ1) is 26.7.